The molecule has 1 saturated heterocycles. The molecule has 1 unspecified atom stereocenters. The Kier molecular flexibility index (Phi) is 3.06. The minimum absolute atomic E-state index is 0.815. The first kappa shape index (κ1) is 6.76. The molecule has 0 saturated carbocycles. The van der Waals surface area contributed by atoms with Crippen LogP contribution in [-0.4, -0.2) is 17.4 Å². The van der Waals surface area contributed by atoms with Gasteiger partial charge >= 0.3 is 0 Å². The smallest absolute Gasteiger partial charge is 0.0259 e. The highest BCUT2D eigenvalue weighted by Gasteiger charge is 2.11. The molecular formula is C6H11ClS. The summed E-state index contributed by atoms with van der Waals surface area (Å²) in [5, 5.41) is 0. The van der Waals surface area contributed by atoms with Crippen LogP contribution in [0, 0.1) is 5.92 Å². The summed E-state index contributed by atoms with van der Waals surface area (Å²) in [6, 6.07) is 0. The van der Waals surface area contributed by atoms with E-state index in [4.69, 9.17) is 11.6 Å². The summed E-state index contributed by atoms with van der Waals surface area (Å²) in [7, 11) is 0. The molecular weight excluding hydrogens is 140 g/mol. The average Bonchev–Trinajstić information content (AvgIpc) is 1.90. The van der Waals surface area contributed by atoms with Crippen LogP contribution >= 0.6 is 23.4 Å². The maximum Gasteiger partial charge on any atom is 0.0259 e. The van der Waals surface area contributed by atoms with Crippen molar-refractivity contribution in [3.05, 3.63) is 0 Å². The Labute approximate surface area is 60.0 Å². The Balaban J connectivity index is 2.13. The van der Waals surface area contributed by atoms with Gasteiger partial charge in [-0.1, -0.05) is 0 Å². The minimum atomic E-state index is 0.815. The maximum absolute atomic E-state index is 5.67. The van der Waals surface area contributed by atoms with Crippen molar-refractivity contribution in [2.45, 2.75) is 12.8 Å². The molecule has 8 heavy (non-hydrogen) atoms. The van der Waals surface area contributed by atoms with Crippen LogP contribution in [0.15, 0.2) is 0 Å². The van der Waals surface area contributed by atoms with Gasteiger partial charge < -0.3 is 0 Å². The van der Waals surface area contributed by atoms with Crippen molar-refractivity contribution in [2.75, 3.05) is 17.4 Å². The van der Waals surface area contributed by atoms with E-state index in [1.165, 1.54) is 24.3 Å². The Morgan fingerprint density at radius 3 is 2.88 bits per heavy atom. The molecule has 0 aromatic carbocycles. The first-order valence-electron chi connectivity index (χ1n) is 3.07. The minimum Gasteiger partial charge on any atom is -0.162 e. The van der Waals surface area contributed by atoms with Crippen molar-refractivity contribution in [2.24, 2.45) is 5.92 Å². The molecule has 0 aromatic rings. The Bertz CT molecular complexity index is 59.5. The lowest BCUT2D eigenvalue weighted by Crippen LogP contribution is -2.11. The summed E-state index contributed by atoms with van der Waals surface area (Å²) in [6.07, 6.45) is 2.73. The predicted molar refractivity (Wildman–Crippen MR) is 40.8 cm³/mol. The normalized spacial score (nSPS) is 30.4. The summed E-state index contributed by atoms with van der Waals surface area (Å²) in [4.78, 5) is 0. The van der Waals surface area contributed by atoms with E-state index in [9.17, 15) is 0 Å². The van der Waals surface area contributed by atoms with E-state index >= 15 is 0 Å². The summed E-state index contributed by atoms with van der Waals surface area (Å²) in [5.74, 6) is 4.33. The fraction of sp³-hybridized carbons (Fsp3) is 1.00. The van der Waals surface area contributed by atoms with Crippen molar-refractivity contribution >= 4 is 23.4 Å². The van der Waals surface area contributed by atoms with Crippen LogP contribution in [0.1, 0.15) is 12.8 Å². The third-order valence-electron chi connectivity index (χ3n) is 1.47. The van der Waals surface area contributed by atoms with Crippen LogP contribution in [0.4, 0.5) is 0 Å². The Morgan fingerprint density at radius 2 is 2.50 bits per heavy atom. The highest BCUT2D eigenvalue weighted by atomic mass is 35.5. The van der Waals surface area contributed by atoms with Crippen LogP contribution < -0.4 is 0 Å². The van der Waals surface area contributed by atoms with E-state index in [1.54, 1.807) is 0 Å². The van der Waals surface area contributed by atoms with E-state index in [2.05, 4.69) is 0 Å². The highest BCUT2D eigenvalue weighted by Crippen LogP contribution is 2.22. The fourth-order valence-electron chi connectivity index (χ4n) is 0.929. The van der Waals surface area contributed by atoms with Gasteiger partial charge in [-0.15, -0.1) is 11.6 Å². The monoisotopic (exact) mass is 150 g/mol. The SMILES string of the molecule is ClCC1CCCSC1. The number of alkyl halides is 1. The lowest BCUT2D eigenvalue weighted by Gasteiger charge is -2.17. The number of thioether (sulfide) groups is 1. The van der Waals surface area contributed by atoms with Crippen molar-refractivity contribution in [3.63, 3.8) is 0 Å². The average molecular weight is 151 g/mol. The summed E-state index contributed by atoms with van der Waals surface area (Å²) in [6.45, 7) is 0. The van der Waals surface area contributed by atoms with Gasteiger partial charge in [0.2, 0.25) is 0 Å². The molecule has 2 heteroatoms. The van der Waals surface area contributed by atoms with Crippen LogP contribution in [0.2, 0.25) is 0 Å². The molecule has 0 aromatic heterocycles. The fourth-order valence-corrected chi connectivity index (χ4v) is 2.48. The van der Waals surface area contributed by atoms with Gasteiger partial charge in [-0.05, 0) is 30.3 Å². The molecule has 1 aliphatic rings. The number of halogens is 1. The van der Waals surface area contributed by atoms with Gasteiger partial charge in [0.05, 0.1) is 0 Å². The van der Waals surface area contributed by atoms with Gasteiger partial charge in [0.15, 0.2) is 0 Å². The van der Waals surface area contributed by atoms with Crippen molar-refractivity contribution < 1.29 is 0 Å². The van der Waals surface area contributed by atoms with Gasteiger partial charge in [-0.3, -0.25) is 0 Å². The first-order valence-corrected chi connectivity index (χ1v) is 4.76. The van der Waals surface area contributed by atoms with E-state index in [1.807, 2.05) is 11.8 Å². The van der Waals surface area contributed by atoms with Gasteiger partial charge in [-0.25, -0.2) is 0 Å². The number of hydrogen-bond acceptors (Lipinski definition) is 1. The van der Waals surface area contributed by atoms with Crippen LogP contribution in [0.5, 0.6) is 0 Å². The van der Waals surface area contributed by atoms with E-state index in [-0.39, 0.29) is 0 Å². The van der Waals surface area contributed by atoms with Gasteiger partial charge in [-0.2, -0.15) is 11.8 Å². The second-order valence-corrected chi connectivity index (χ2v) is 3.70. The predicted octanol–water partition coefficient (Wildman–Crippen LogP) is 2.37. The molecule has 1 heterocycles. The molecule has 1 atom stereocenters. The van der Waals surface area contributed by atoms with Crippen LogP contribution in [0.3, 0.4) is 0 Å². The molecule has 0 amide bonds. The molecule has 1 fully saturated rings. The third kappa shape index (κ3) is 1.87. The molecule has 0 radical (unpaired) electrons. The standard InChI is InChI=1S/C6H11ClS/c7-4-6-2-1-3-8-5-6/h6H,1-5H2. The lowest BCUT2D eigenvalue weighted by molar-refractivity contribution is 0.579. The van der Waals surface area contributed by atoms with Gasteiger partial charge in [0.25, 0.3) is 0 Å². The Hall–Kier alpha value is 0.640. The first-order chi connectivity index (χ1) is 3.93. The zero-order valence-electron chi connectivity index (χ0n) is 4.90. The van der Waals surface area contributed by atoms with E-state index in [0.29, 0.717) is 0 Å². The summed E-state index contributed by atoms with van der Waals surface area (Å²) >= 11 is 7.71. The molecule has 0 bridgehead atoms. The molecule has 0 N–H and O–H groups in total. The second kappa shape index (κ2) is 3.62. The number of rotatable bonds is 1. The maximum atomic E-state index is 5.67. The Morgan fingerprint density at radius 1 is 1.62 bits per heavy atom. The topological polar surface area (TPSA) is 0 Å². The largest absolute Gasteiger partial charge is 0.162 e. The van der Waals surface area contributed by atoms with Crippen LogP contribution in [-0.2, 0) is 0 Å². The molecule has 48 valence electrons. The van der Waals surface area contributed by atoms with Gasteiger partial charge in [0, 0.05) is 5.88 Å². The highest BCUT2D eigenvalue weighted by molar-refractivity contribution is 7.99. The quantitative estimate of drug-likeness (QED) is 0.518. The molecule has 0 aliphatic carbocycles. The van der Waals surface area contributed by atoms with Crippen molar-refractivity contribution in [1.82, 2.24) is 0 Å². The molecule has 1 rings (SSSR count). The molecule has 0 spiro atoms. The second-order valence-electron chi connectivity index (χ2n) is 2.24. The number of hydrogen-bond donors (Lipinski definition) is 0. The zero-order chi connectivity index (χ0) is 5.82. The molecule has 0 nitrogen and oxygen atoms in total. The summed E-state index contributed by atoms with van der Waals surface area (Å²) in [5.41, 5.74) is 0. The van der Waals surface area contributed by atoms with E-state index in [0.717, 1.165) is 11.8 Å². The van der Waals surface area contributed by atoms with Crippen molar-refractivity contribution in [1.29, 1.82) is 0 Å². The van der Waals surface area contributed by atoms with Crippen molar-refractivity contribution in [3.8, 4) is 0 Å². The summed E-state index contributed by atoms with van der Waals surface area (Å²) < 4.78 is 0. The van der Waals surface area contributed by atoms with Crippen LogP contribution in [0.25, 0.3) is 0 Å². The van der Waals surface area contributed by atoms with Gasteiger partial charge in [0.1, 0.15) is 0 Å². The third-order valence-corrected chi connectivity index (χ3v) is 3.19. The lowest BCUT2D eigenvalue weighted by atomic mass is 10.1. The van der Waals surface area contributed by atoms with E-state index < -0.39 is 0 Å². The zero-order valence-corrected chi connectivity index (χ0v) is 6.47. The molecule has 1 aliphatic heterocycles.